The molecule has 3 heteroatoms. The van der Waals surface area contributed by atoms with Gasteiger partial charge in [0.1, 0.15) is 11.2 Å². The highest BCUT2D eigenvalue weighted by molar-refractivity contribution is 7.26. The summed E-state index contributed by atoms with van der Waals surface area (Å²) >= 11 is 1.89. The number of fused-ring (bicyclic) bond motifs is 7. The minimum atomic E-state index is 0.910. The Labute approximate surface area is 322 Å². The van der Waals surface area contributed by atoms with Gasteiger partial charge < -0.3 is 9.32 Å². The number of nitrogens with zero attached hydrogens (tertiary/aromatic N) is 1. The lowest BCUT2D eigenvalue weighted by atomic mass is 10.0. The Morgan fingerprint density at radius 3 is 1.60 bits per heavy atom. The van der Waals surface area contributed by atoms with Crippen LogP contribution in [-0.2, 0) is 0 Å². The van der Waals surface area contributed by atoms with Crippen LogP contribution in [0.4, 0.5) is 17.1 Å². The molecule has 0 N–H and O–H groups in total. The van der Waals surface area contributed by atoms with Crippen LogP contribution in [0.2, 0.25) is 0 Å². The van der Waals surface area contributed by atoms with Crippen molar-refractivity contribution in [3.8, 4) is 33.4 Å². The average molecular weight is 720 g/mol. The van der Waals surface area contributed by atoms with Crippen LogP contribution in [0.5, 0.6) is 0 Å². The zero-order valence-electron chi connectivity index (χ0n) is 29.8. The van der Waals surface area contributed by atoms with Crippen LogP contribution < -0.4 is 4.90 Å². The maximum atomic E-state index is 6.40. The second-order valence-corrected chi connectivity index (χ2v) is 15.2. The van der Waals surface area contributed by atoms with E-state index in [9.17, 15) is 0 Å². The van der Waals surface area contributed by atoms with Crippen LogP contribution in [0.15, 0.2) is 205 Å². The first-order valence-corrected chi connectivity index (χ1v) is 19.5. The Morgan fingerprint density at radius 1 is 0.364 bits per heavy atom. The molecule has 2 heterocycles. The van der Waals surface area contributed by atoms with Crippen LogP contribution >= 0.6 is 11.3 Å². The van der Waals surface area contributed by atoms with E-state index < -0.39 is 0 Å². The molecule has 0 aliphatic heterocycles. The third-order valence-corrected chi connectivity index (χ3v) is 12.1. The van der Waals surface area contributed by atoms with Crippen LogP contribution in [0.25, 0.3) is 86.3 Å². The molecule has 0 amide bonds. The Hall–Kier alpha value is -6.94. The zero-order valence-corrected chi connectivity index (χ0v) is 30.6. The Morgan fingerprint density at radius 2 is 0.891 bits per heavy atom. The predicted octanol–water partition coefficient (Wildman–Crippen LogP) is 15.6. The van der Waals surface area contributed by atoms with Crippen LogP contribution in [0.3, 0.4) is 0 Å². The minimum Gasteiger partial charge on any atom is -0.455 e. The van der Waals surface area contributed by atoms with Gasteiger partial charge in [0.25, 0.3) is 0 Å². The number of hydrogen-bond acceptors (Lipinski definition) is 3. The van der Waals surface area contributed by atoms with Crippen molar-refractivity contribution in [2.45, 2.75) is 0 Å². The average Bonchev–Trinajstić information content (AvgIpc) is 3.82. The number of anilines is 3. The molecule has 0 fully saturated rings. The highest BCUT2D eigenvalue weighted by atomic mass is 32.1. The third kappa shape index (κ3) is 5.40. The van der Waals surface area contributed by atoms with Crippen LogP contribution in [-0.4, -0.2) is 0 Å². The quantitative estimate of drug-likeness (QED) is 0.170. The van der Waals surface area contributed by atoms with Gasteiger partial charge >= 0.3 is 0 Å². The van der Waals surface area contributed by atoms with Crippen molar-refractivity contribution in [2.24, 2.45) is 0 Å². The lowest BCUT2D eigenvalue weighted by Gasteiger charge is -2.26. The summed E-state index contributed by atoms with van der Waals surface area (Å²) in [6.07, 6.45) is 0. The van der Waals surface area contributed by atoms with Crippen molar-refractivity contribution in [1.82, 2.24) is 0 Å². The van der Waals surface area contributed by atoms with Gasteiger partial charge in [-0.25, -0.2) is 0 Å². The molecule has 0 saturated carbocycles. The zero-order chi connectivity index (χ0) is 36.3. The van der Waals surface area contributed by atoms with Crippen molar-refractivity contribution in [3.63, 3.8) is 0 Å². The number of hydrogen-bond donors (Lipinski definition) is 0. The van der Waals surface area contributed by atoms with Gasteiger partial charge in [0.05, 0.1) is 0 Å². The van der Waals surface area contributed by atoms with E-state index in [-0.39, 0.29) is 0 Å². The molecule has 2 nitrogen and oxygen atoms in total. The predicted molar refractivity (Wildman–Crippen MR) is 235 cm³/mol. The fourth-order valence-corrected chi connectivity index (χ4v) is 9.41. The van der Waals surface area contributed by atoms with Gasteiger partial charge in [0, 0.05) is 53.6 Å². The molecule has 0 atom stereocenters. The molecule has 0 aliphatic carbocycles. The van der Waals surface area contributed by atoms with Crippen molar-refractivity contribution in [3.05, 3.63) is 200 Å². The lowest BCUT2D eigenvalue weighted by Crippen LogP contribution is -2.09. The van der Waals surface area contributed by atoms with Crippen LogP contribution in [0, 0.1) is 0 Å². The monoisotopic (exact) mass is 719 g/mol. The second kappa shape index (κ2) is 12.9. The van der Waals surface area contributed by atoms with Gasteiger partial charge in [-0.1, -0.05) is 146 Å². The molecule has 0 spiro atoms. The summed E-state index contributed by atoms with van der Waals surface area (Å²) in [7, 11) is 0. The highest BCUT2D eigenvalue weighted by Crippen LogP contribution is 2.43. The third-order valence-electron chi connectivity index (χ3n) is 10.9. The van der Waals surface area contributed by atoms with E-state index in [4.69, 9.17) is 4.42 Å². The number of para-hydroxylation sites is 2. The molecule has 0 bridgehead atoms. The Kier molecular flexibility index (Phi) is 7.39. The number of thiophene rings is 1. The van der Waals surface area contributed by atoms with E-state index in [1.54, 1.807) is 0 Å². The summed E-state index contributed by atoms with van der Waals surface area (Å²) in [4.78, 5) is 2.34. The van der Waals surface area contributed by atoms with Gasteiger partial charge in [0.2, 0.25) is 0 Å². The van der Waals surface area contributed by atoms with Crippen molar-refractivity contribution in [1.29, 1.82) is 0 Å². The largest absolute Gasteiger partial charge is 0.455 e. The first-order valence-electron chi connectivity index (χ1n) is 18.7. The number of furan rings is 1. The summed E-state index contributed by atoms with van der Waals surface area (Å²) in [5, 5.41) is 7.47. The molecular weight excluding hydrogens is 687 g/mol. The summed E-state index contributed by atoms with van der Waals surface area (Å²) < 4.78 is 9.05. The molecule has 9 aromatic carbocycles. The second-order valence-electron chi connectivity index (χ2n) is 14.1. The van der Waals surface area contributed by atoms with Gasteiger partial charge in [-0.3, -0.25) is 0 Å². The maximum absolute atomic E-state index is 6.40. The normalized spacial score (nSPS) is 11.6. The standard InChI is InChI=1S/C52H33NOS/c1-2-10-34(11-3-1)35-20-26-40(27-21-35)53(41-28-22-36(23-29-41)43-15-8-17-46-45-14-6-7-19-49(45)54-51(43)46)42-30-24-37(25-31-42)44-16-9-18-47-48-32-38-12-4-5-13-39(38)33-50(48)55-52(44)47/h1-33H. The molecule has 0 saturated heterocycles. The van der Waals surface area contributed by atoms with Gasteiger partial charge in [-0.05, 0) is 93.2 Å². The van der Waals surface area contributed by atoms with Gasteiger partial charge in [0.15, 0.2) is 0 Å². The minimum absolute atomic E-state index is 0.910. The van der Waals surface area contributed by atoms with Crippen molar-refractivity contribution >= 4 is 81.3 Å². The molecule has 0 radical (unpaired) electrons. The molecule has 55 heavy (non-hydrogen) atoms. The number of rotatable bonds is 6. The molecule has 0 aliphatic rings. The first-order chi connectivity index (χ1) is 27.2. The molecule has 11 aromatic rings. The van der Waals surface area contributed by atoms with E-state index in [0.717, 1.165) is 50.1 Å². The van der Waals surface area contributed by atoms with Gasteiger partial charge in [-0.2, -0.15) is 0 Å². The van der Waals surface area contributed by atoms with E-state index in [1.165, 1.54) is 53.2 Å². The summed E-state index contributed by atoms with van der Waals surface area (Å²) in [5.74, 6) is 0. The Bertz CT molecular complexity index is 3170. The maximum Gasteiger partial charge on any atom is 0.143 e. The SMILES string of the molecule is c1ccc(-c2ccc(N(c3ccc(-c4cccc5c4oc4ccccc45)cc3)c3ccc(-c4cccc5c4sc4cc6ccccc6cc45)cc3)cc2)cc1. The molecule has 2 aromatic heterocycles. The molecule has 0 unspecified atom stereocenters. The lowest BCUT2D eigenvalue weighted by molar-refractivity contribution is 0.670. The first kappa shape index (κ1) is 31.6. The fraction of sp³-hybridized carbons (Fsp3) is 0. The summed E-state index contributed by atoms with van der Waals surface area (Å²) in [6.45, 7) is 0. The smallest absolute Gasteiger partial charge is 0.143 e. The van der Waals surface area contributed by atoms with E-state index in [2.05, 4.69) is 193 Å². The molecule has 11 rings (SSSR count). The summed E-state index contributed by atoms with van der Waals surface area (Å²) in [6, 6.07) is 72.1. The van der Waals surface area contributed by atoms with E-state index in [0.29, 0.717) is 0 Å². The van der Waals surface area contributed by atoms with Crippen LogP contribution in [0.1, 0.15) is 0 Å². The van der Waals surface area contributed by atoms with E-state index >= 15 is 0 Å². The Balaban J connectivity index is 0.996. The van der Waals surface area contributed by atoms with E-state index in [1.807, 2.05) is 23.5 Å². The van der Waals surface area contributed by atoms with Crippen molar-refractivity contribution < 1.29 is 4.42 Å². The molecule has 258 valence electrons. The van der Waals surface area contributed by atoms with Gasteiger partial charge in [-0.15, -0.1) is 11.3 Å². The summed E-state index contributed by atoms with van der Waals surface area (Å²) in [5.41, 5.74) is 12.2. The fourth-order valence-electron chi connectivity index (χ4n) is 8.15. The number of benzene rings is 9. The molecular formula is C52H33NOS. The van der Waals surface area contributed by atoms with Crippen molar-refractivity contribution in [2.75, 3.05) is 4.90 Å². The topological polar surface area (TPSA) is 16.4 Å². The highest BCUT2D eigenvalue weighted by Gasteiger charge is 2.17.